The molecule has 2 atom stereocenters. The van der Waals surface area contributed by atoms with Crippen molar-refractivity contribution in [3.63, 3.8) is 0 Å². The highest BCUT2D eigenvalue weighted by Crippen LogP contribution is 2.16. The summed E-state index contributed by atoms with van der Waals surface area (Å²) in [4.78, 5) is 27.9. The number of piperazine rings is 1. The van der Waals surface area contributed by atoms with Gasteiger partial charge in [-0.3, -0.25) is 9.69 Å². The van der Waals surface area contributed by atoms with Crippen LogP contribution in [-0.4, -0.2) is 72.2 Å². The van der Waals surface area contributed by atoms with Crippen molar-refractivity contribution in [2.24, 2.45) is 5.73 Å². The molecule has 1 saturated heterocycles. The second-order valence-electron chi connectivity index (χ2n) is 6.62. The lowest BCUT2D eigenvalue weighted by atomic mass is 10.1. The van der Waals surface area contributed by atoms with E-state index in [9.17, 15) is 9.59 Å². The van der Waals surface area contributed by atoms with Gasteiger partial charge in [-0.1, -0.05) is 0 Å². The van der Waals surface area contributed by atoms with E-state index in [0.29, 0.717) is 32.7 Å². The van der Waals surface area contributed by atoms with E-state index in [4.69, 9.17) is 10.5 Å². The molecule has 1 fully saturated rings. The minimum absolute atomic E-state index is 0.00771. The lowest BCUT2D eigenvalue weighted by Gasteiger charge is -2.43. The van der Waals surface area contributed by atoms with Gasteiger partial charge in [0.2, 0.25) is 5.91 Å². The molecule has 1 rings (SSSR count). The molecule has 7 nitrogen and oxygen atoms in total. The van der Waals surface area contributed by atoms with Crippen molar-refractivity contribution < 1.29 is 14.3 Å². The number of carbonyl (C=O) groups is 2. The smallest absolute Gasteiger partial charge is 0.410 e. The summed E-state index contributed by atoms with van der Waals surface area (Å²) in [5.41, 5.74) is 5.33. The van der Waals surface area contributed by atoms with Crippen molar-refractivity contribution in [2.45, 2.75) is 52.3 Å². The van der Waals surface area contributed by atoms with Crippen LogP contribution in [0.3, 0.4) is 0 Å². The maximum absolute atomic E-state index is 12.2. The summed E-state index contributed by atoms with van der Waals surface area (Å²) < 4.78 is 5.40. The Bertz CT molecular complexity index is 395. The molecule has 0 saturated carbocycles. The molecule has 22 heavy (non-hydrogen) atoms. The number of nitrogens with zero attached hydrogens (tertiary/aromatic N) is 2. The van der Waals surface area contributed by atoms with E-state index in [1.807, 2.05) is 34.6 Å². The van der Waals surface area contributed by atoms with Crippen LogP contribution in [0.5, 0.6) is 0 Å². The highest BCUT2D eigenvalue weighted by Gasteiger charge is 2.35. The van der Waals surface area contributed by atoms with Crippen LogP contribution >= 0.6 is 0 Å². The van der Waals surface area contributed by atoms with Gasteiger partial charge in [0.05, 0.1) is 6.04 Å². The van der Waals surface area contributed by atoms with Crippen molar-refractivity contribution in [1.29, 1.82) is 0 Å². The van der Waals surface area contributed by atoms with Crippen LogP contribution in [0.2, 0.25) is 0 Å². The van der Waals surface area contributed by atoms with Gasteiger partial charge in [-0.15, -0.1) is 0 Å². The highest BCUT2D eigenvalue weighted by molar-refractivity contribution is 5.81. The zero-order valence-electron chi connectivity index (χ0n) is 14.4. The number of hydrogen-bond acceptors (Lipinski definition) is 5. The molecule has 0 aromatic rings. The molecule has 2 amide bonds. The first-order valence-electron chi connectivity index (χ1n) is 7.91. The number of hydrogen-bond donors (Lipinski definition) is 2. The fourth-order valence-electron chi connectivity index (χ4n) is 2.55. The number of nitrogens with one attached hydrogen (secondary N) is 1. The number of carbonyl (C=O) groups excluding carboxylic acids is 2. The molecule has 1 aliphatic rings. The van der Waals surface area contributed by atoms with Crippen LogP contribution in [0.15, 0.2) is 0 Å². The standard InChI is InChI=1S/C15H30N4O3/c1-6-17-13(20)11(2)19-8-7-18(10-12(19)9-16)14(21)22-15(3,4)5/h11-12H,6-10,16H2,1-5H3,(H,17,20). The van der Waals surface area contributed by atoms with Crippen molar-refractivity contribution in [2.75, 3.05) is 32.7 Å². The highest BCUT2D eigenvalue weighted by atomic mass is 16.6. The molecular weight excluding hydrogens is 284 g/mol. The summed E-state index contributed by atoms with van der Waals surface area (Å²) in [5, 5.41) is 2.83. The van der Waals surface area contributed by atoms with E-state index in [1.54, 1.807) is 4.90 Å². The molecule has 7 heteroatoms. The average molecular weight is 314 g/mol. The molecule has 0 radical (unpaired) electrons. The second-order valence-corrected chi connectivity index (χ2v) is 6.62. The van der Waals surface area contributed by atoms with E-state index < -0.39 is 5.60 Å². The van der Waals surface area contributed by atoms with Gasteiger partial charge < -0.3 is 20.7 Å². The number of likely N-dealkylation sites (N-methyl/N-ethyl adjacent to an activating group) is 1. The predicted octanol–water partition coefficient (Wildman–Crippen LogP) is 0.391. The second kappa shape index (κ2) is 7.78. The molecule has 0 aliphatic carbocycles. The molecule has 128 valence electrons. The van der Waals surface area contributed by atoms with Crippen molar-refractivity contribution in [3.8, 4) is 0 Å². The van der Waals surface area contributed by atoms with Crippen LogP contribution < -0.4 is 11.1 Å². The largest absolute Gasteiger partial charge is 0.444 e. The van der Waals surface area contributed by atoms with E-state index >= 15 is 0 Å². The molecule has 0 spiro atoms. The molecule has 0 aromatic heterocycles. The third-order valence-corrected chi connectivity index (χ3v) is 3.68. The maximum Gasteiger partial charge on any atom is 0.410 e. The number of ether oxygens (including phenoxy) is 1. The summed E-state index contributed by atoms with van der Waals surface area (Å²) in [6, 6.07) is -0.298. The van der Waals surface area contributed by atoms with Gasteiger partial charge in [-0.05, 0) is 34.6 Å². The Labute approximate surface area is 133 Å². The van der Waals surface area contributed by atoms with Crippen molar-refractivity contribution in [3.05, 3.63) is 0 Å². The fourth-order valence-corrected chi connectivity index (χ4v) is 2.55. The predicted molar refractivity (Wildman–Crippen MR) is 85.5 cm³/mol. The Balaban J connectivity index is 2.67. The van der Waals surface area contributed by atoms with Crippen molar-refractivity contribution in [1.82, 2.24) is 15.1 Å². The first-order chi connectivity index (χ1) is 10.2. The number of amides is 2. The van der Waals surface area contributed by atoms with Gasteiger partial charge in [0.25, 0.3) is 0 Å². The SMILES string of the molecule is CCNC(=O)C(C)N1CCN(C(=O)OC(C)(C)C)CC1CN. The van der Waals surface area contributed by atoms with E-state index in [1.165, 1.54) is 0 Å². The fraction of sp³-hybridized carbons (Fsp3) is 0.867. The van der Waals surface area contributed by atoms with E-state index in [-0.39, 0.29) is 24.1 Å². The van der Waals surface area contributed by atoms with Crippen LogP contribution in [0.4, 0.5) is 4.79 Å². The normalized spacial score (nSPS) is 21.4. The van der Waals surface area contributed by atoms with Gasteiger partial charge in [0.1, 0.15) is 5.60 Å². The molecule has 1 heterocycles. The zero-order valence-corrected chi connectivity index (χ0v) is 14.4. The minimum atomic E-state index is -0.513. The monoisotopic (exact) mass is 314 g/mol. The molecule has 2 unspecified atom stereocenters. The quantitative estimate of drug-likeness (QED) is 0.784. The Morgan fingerprint density at radius 1 is 1.36 bits per heavy atom. The molecule has 1 aliphatic heterocycles. The minimum Gasteiger partial charge on any atom is -0.444 e. The lowest BCUT2D eigenvalue weighted by molar-refractivity contribution is -0.127. The van der Waals surface area contributed by atoms with Gasteiger partial charge in [-0.2, -0.15) is 0 Å². The van der Waals surface area contributed by atoms with Crippen LogP contribution in [-0.2, 0) is 9.53 Å². The maximum atomic E-state index is 12.2. The summed E-state index contributed by atoms with van der Waals surface area (Å²) in [7, 11) is 0. The van der Waals surface area contributed by atoms with E-state index in [2.05, 4.69) is 10.2 Å². The molecule has 0 bridgehead atoms. The zero-order chi connectivity index (χ0) is 16.9. The van der Waals surface area contributed by atoms with Crippen LogP contribution in [0.1, 0.15) is 34.6 Å². The topological polar surface area (TPSA) is 87.9 Å². The Hall–Kier alpha value is -1.34. The van der Waals surface area contributed by atoms with Gasteiger partial charge >= 0.3 is 6.09 Å². The molecule has 3 N–H and O–H groups in total. The Kier molecular flexibility index (Phi) is 6.62. The first kappa shape index (κ1) is 18.7. The molecular formula is C15H30N4O3. The van der Waals surface area contributed by atoms with Crippen LogP contribution in [0, 0.1) is 0 Å². The summed E-state index contributed by atoms with van der Waals surface area (Å²) in [5.74, 6) is -0.00771. The lowest BCUT2D eigenvalue weighted by Crippen LogP contribution is -2.62. The summed E-state index contributed by atoms with van der Waals surface area (Å²) in [6.07, 6.45) is -0.323. The third-order valence-electron chi connectivity index (χ3n) is 3.68. The van der Waals surface area contributed by atoms with E-state index in [0.717, 1.165) is 0 Å². The summed E-state index contributed by atoms with van der Waals surface area (Å²) in [6.45, 7) is 11.9. The Morgan fingerprint density at radius 2 is 2.00 bits per heavy atom. The van der Waals surface area contributed by atoms with Gasteiger partial charge in [0.15, 0.2) is 0 Å². The molecule has 0 aromatic carbocycles. The van der Waals surface area contributed by atoms with Crippen molar-refractivity contribution >= 4 is 12.0 Å². The van der Waals surface area contributed by atoms with Gasteiger partial charge in [-0.25, -0.2) is 4.79 Å². The first-order valence-corrected chi connectivity index (χ1v) is 7.91. The van der Waals surface area contributed by atoms with Gasteiger partial charge in [0, 0.05) is 38.8 Å². The summed E-state index contributed by atoms with van der Waals surface area (Å²) >= 11 is 0. The van der Waals surface area contributed by atoms with Crippen LogP contribution in [0.25, 0.3) is 0 Å². The Morgan fingerprint density at radius 3 is 2.50 bits per heavy atom. The average Bonchev–Trinajstić information content (AvgIpc) is 2.44. The number of rotatable bonds is 4. The number of nitrogens with two attached hydrogens (primary N) is 1. The third kappa shape index (κ3) is 5.14.